The third-order valence-corrected chi connectivity index (χ3v) is 12.2. The van der Waals surface area contributed by atoms with Gasteiger partial charge in [0.2, 0.25) is 10.0 Å². The highest BCUT2D eigenvalue weighted by molar-refractivity contribution is 9.23. The maximum atomic E-state index is 13.4. The van der Waals surface area contributed by atoms with Gasteiger partial charge in [0.05, 0.1) is 18.0 Å². The highest BCUT2D eigenvalue weighted by Crippen LogP contribution is 2.40. The summed E-state index contributed by atoms with van der Waals surface area (Å²) >= 11 is 15.0. The van der Waals surface area contributed by atoms with Crippen molar-refractivity contribution in [2.45, 2.75) is 29.9 Å². The van der Waals surface area contributed by atoms with E-state index in [1.54, 1.807) is 60.7 Å². The lowest BCUT2D eigenvalue weighted by Crippen LogP contribution is -2.64. The first-order valence-electron chi connectivity index (χ1n) is 13.8. The zero-order valence-corrected chi connectivity index (χ0v) is 30.8. The number of sulfonamides is 1. The Hall–Kier alpha value is -2.19. The first-order chi connectivity index (χ1) is 21.3. The number of ether oxygens (including phenoxy) is 1. The largest absolute Gasteiger partial charge is 0.506 e. The number of carbonyl (C=O) groups excluding carboxylic acids is 1. The van der Waals surface area contributed by atoms with E-state index in [1.165, 1.54) is 27.1 Å². The van der Waals surface area contributed by atoms with Crippen LogP contribution in [0.5, 0.6) is 5.75 Å². The van der Waals surface area contributed by atoms with E-state index in [1.807, 2.05) is 12.1 Å². The summed E-state index contributed by atoms with van der Waals surface area (Å²) in [6.45, 7) is 1.57. The quantitative estimate of drug-likeness (QED) is 0.152. The number of hydrogen-bond acceptors (Lipinski definition) is 6. The average molecular weight is 781 g/mol. The highest BCUT2D eigenvalue weighted by atomic mass is 79.9. The Morgan fingerprint density at radius 1 is 0.978 bits per heavy atom. The van der Waals surface area contributed by atoms with Gasteiger partial charge in [-0.05, 0) is 85.1 Å². The molecule has 4 aromatic rings. The summed E-state index contributed by atoms with van der Waals surface area (Å²) in [5.74, 6) is -0.731. The van der Waals surface area contributed by atoms with Gasteiger partial charge in [-0.1, -0.05) is 59.6 Å². The van der Waals surface area contributed by atoms with E-state index < -0.39 is 27.6 Å². The van der Waals surface area contributed by atoms with Crippen molar-refractivity contribution >= 4 is 92.2 Å². The number of halogens is 4. The van der Waals surface area contributed by atoms with Crippen LogP contribution in [-0.2, 0) is 26.8 Å². The van der Waals surface area contributed by atoms with Crippen molar-refractivity contribution in [3.8, 4) is 5.75 Å². The van der Waals surface area contributed by atoms with Gasteiger partial charge in [-0.2, -0.15) is 8.00 Å². The molecule has 0 saturated carbocycles. The number of benzene rings is 4. The van der Waals surface area contributed by atoms with Crippen LogP contribution in [0.3, 0.4) is 0 Å². The third kappa shape index (κ3) is 9.68. The molecule has 1 fully saturated rings. The summed E-state index contributed by atoms with van der Waals surface area (Å²) in [5.41, 5.74) is 6.47. The fourth-order valence-corrected chi connectivity index (χ4v) is 8.03. The van der Waals surface area contributed by atoms with Gasteiger partial charge in [-0.15, -0.1) is 12.4 Å². The van der Waals surface area contributed by atoms with E-state index in [-0.39, 0.29) is 60.8 Å². The van der Waals surface area contributed by atoms with E-state index in [2.05, 4.69) is 25.0 Å². The molecule has 1 heterocycles. The van der Waals surface area contributed by atoms with Crippen LogP contribution in [0.25, 0.3) is 0 Å². The molecule has 4 aromatic carbocycles. The topological polar surface area (TPSA) is 127 Å². The molecule has 14 heteroatoms. The van der Waals surface area contributed by atoms with Crippen LogP contribution in [0.15, 0.2) is 102 Å². The van der Waals surface area contributed by atoms with Crippen molar-refractivity contribution in [1.82, 2.24) is 4.31 Å². The molecular formula is C32H30BrCl3MgN2O6S. The lowest BCUT2D eigenvalue weighted by Gasteiger charge is -2.49. The normalized spacial score (nSPS) is 14.3. The summed E-state index contributed by atoms with van der Waals surface area (Å²) < 4.78 is 35.8. The molecule has 1 atom stereocenters. The van der Waals surface area contributed by atoms with Crippen LogP contribution < -0.4 is 14.2 Å². The van der Waals surface area contributed by atoms with Crippen molar-refractivity contribution in [3.05, 3.63) is 124 Å². The number of nitrogens with two attached hydrogens (primary N) is 1. The molecule has 1 aliphatic heterocycles. The maximum absolute atomic E-state index is 13.4. The molecule has 1 aliphatic rings. The second-order valence-electron chi connectivity index (χ2n) is 10.5. The van der Waals surface area contributed by atoms with Crippen molar-refractivity contribution < 1.29 is 27.9 Å². The van der Waals surface area contributed by atoms with Gasteiger partial charge < -0.3 is 15.6 Å². The molecule has 5 rings (SSSR count). The molecule has 0 spiro atoms. The summed E-state index contributed by atoms with van der Waals surface area (Å²) in [7, 11) is -3.88. The molecule has 1 saturated heterocycles. The minimum atomic E-state index is -3.88. The molecular weight excluding hydrogens is 751 g/mol. The number of rotatable bonds is 10. The summed E-state index contributed by atoms with van der Waals surface area (Å²) in [4.78, 5) is 22.7. The number of carbonyl (C=O) groups is 2. The van der Waals surface area contributed by atoms with Crippen LogP contribution in [0, 0.1) is 0 Å². The lowest BCUT2D eigenvalue weighted by molar-refractivity contribution is -0.138. The van der Waals surface area contributed by atoms with E-state index in [0.717, 1.165) is 10.6 Å². The lowest BCUT2D eigenvalue weighted by atomic mass is 9.87. The Bertz CT molecular complexity index is 1760. The van der Waals surface area contributed by atoms with Crippen molar-refractivity contribution in [1.29, 1.82) is 0 Å². The van der Waals surface area contributed by atoms with E-state index in [9.17, 15) is 18.0 Å². The molecule has 8 nitrogen and oxygen atoms in total. The smallest absolute Gasteiger partial charge is 0.480 e. The Morgan fingerprint density at radius 2 is 1.54 bits per heavy atom. The molecule has 0 amide bonds. The van der Waals surface area contributed by atoms with Gasteiger partial charge in [-0.25, -0.2) is 8.42 Å². The Morgan fingerprint density at radius 3 is 2.07 bits per heavy atom. The molecule has 0 bridgehead atoms. The van der Waals surface area contributed by atoms with Crippen molar-refractivity contribution in [2.24, 2.45) is 5.73 Å². The number of carboxylic acids is 1. The van der Waals surface area contributed by atoms with E-state index >= 15 is 0 Å². The highest BCUT2D eigenvalue weighted by Gasteiger charge is 2.52. The predicted octanol–water partition coefficient (Wildman–Crippen LogP) is 5.88. The van der Waals surface area contributed by atoms with E-state index in [0.29, 0.717) is 21.9 Å². The van der Waals surface area contributed by atoms with Crippen molar-refractivity contribution in [3.63, 3.8) is 0 Å². The van der Waals surface area contributed by atoms with Crippen LogP contribution in [0.4, 0.5) is 0 Å². The SMILES string of the molecule is CC(=O)c1ccc(OC2(c3ccc(Cl)cc3)CN(S(=O)(=O)c3cccc(CC(N)C(=O)O)c3)C2)cc1.Cl.Clc1cc[c]([Mg][Br])cc1. The molecule has 1 unspecified atom stereocenters. The second-order valence-corrected chi connectivity index (χ2v) is 16.1. The van der Waals surface area contributed by atoms with Gasteiger partial charge in [0.15, 0.2) is 11.4 Å². The molecule has 3 N–H and O–H groups in total. The molecule has 0 aromatic heterocycles. The van der Waals surface area contributed by atoms with Crippen LogP contribution in [0.2, 0.25) is 10.0 Å². The van der Waals surface area contributed by atoms with Crippen molar-refractivity contribution in [2.75, 3.05) is 13.1 Å². The Labute approximate surface area is 300 Å². The van der Waals surface area contributed by atoms with Gasteiger partial charge in [-0.3, -0.25) is 22.5 Å². The van der Waals surface area contributed by atoms with Gasteiger partial charge in [0.25, 0.3) is 0 Å². The first-order valence-corrected chi connectivity index (χ1v) is 20.6. The second kappa shape index (κ2) is 16.8. The molecule has 0 aliphatic carbocycles. The molecule has 0 radical (unpaired) electrons. The monoisotopic (exact) mass is 778 g/mol. The molecule has 240 valence electrons. The Balaban J connectivity index is 0.000000497. The fraction of sp³-hybridized carbons (Fsp3) is 0.188. The zero-order chi connectivity index (χ0) is 32.8. The number of aliphatic carboxylic acids is 1. The van der Waals surface area contributed by atoms with Gasteiger partial charge >= 0.3 is 24.2 Å². The fourth-order valence-electron chi connectivity index (χ4n) is 4.63. The van der Waals surface area contributed by atoms with Crippen LogP contribution in [0.1, 0.15) is 28.4 Å². The molecule has 46 heavy (non-hydrogen) atoms. The minimum Gasteiger partial charge on any atom is -0.480 e. The third-order valence-electron chi connectivity index (χ3n) is 7.18. The number of carboxylic acid groups (broad SMARTS) is 1. The Kier molecular flexibility index (Phi) is 13.9. The number of Topliss-reactive ketones (excluding diaryl/α,β-unsaturated/α-hetero) is 1. The number of hydrogen-bond donors (Lipinski definition) is 2. The summed E-state index contributed by atoms with van der Waals surface area (Å²) in [6, 6.07) is 26.7. The maximum Gasteiger partial charge on any atom is 0.506 e. The number of nitrogens with zero attached hydrogens (tertiary/aromatic N) is 1. The summed E-state index contributed by atoms with van der Waals surface area (Å²) in [6.07, 6.45) is 0.00672. The standard InChI is InChI=1S/C26H25ClN2O6S.C6H4Cl.BrH.ClH.Mg/c1-17(30)19-5-11-22(12-6-19)35-26(20-7-9-21(27)10-8-20)15-29(16-26)36(33,34)23-4-2-3-18(13-23)14-24(28)25(31)32;7-6-4-2-1-3-5-6;;;/h2-13,24H,14-16,28H2,1H3,(H,31,32);2-5H;2*1H;/q;;;;+1/p-1. The van der Waals surface area contributed by atoms with E-state index in [4.69, 9.17) is 38.8 Å². The predicted molar refractivity (Wildman–Crippen MR) is 188 cm³/mol. The zero-order valence-electron chi connectivity index (χ0n) is 24.6. The average Bonchev–Trinajstić information content (AvgIpc) is 3.00. The van der Waals surface area contributed by atoms with Crippen LogP contribution in [-0.4, -0.2) is 66.9 Å². The van der Waals surface area contributed by atoms with Crippen LogP contribution >= 0.6 is 48.5 Å². The first kappa shape index (κ1) is 38.3. The number of ketones is 1. The van der Waals surface area contributed by atoms with Gasteiger partial charge in [0, 0.05) is 15.6 Å². The van der Waals surface area contributed by atoms with Gasteiger partial charge in [0.1, 0.15) is 11.8 Å². The minimum absolute atomic E-state index is 0. The summed E-state index contributed by atoms with van der Waals surface area (Å²) in [5, 5.41) is 10.4.